The van der Waals surface area contributed by atoms with Gasteiger partial charge in [0.2, 0.25) is 5.78 Å². The van der Waals surface area contributed by atoms with Crippen molar-refractivity contribution in [3.63, 3.8) is 0 Å². The molecule has 0 aromatic carbocycles. The fourth-order valence-electron chi connectivity index (χ4n) is 0.751. The van der Waals surface area contributed by atoms with E-state index in [0.717, 1.165) is 0 Å². The molecule has 1 aromatic rings. The zero-order valence-corrected chi connectivity index (χ0v) is 6.78. The fourth-order valence-corrected chi connectivity index (χ4v) is 0.751. The second kappa shape index (κ2) is 3.67. The average Bonchev–Trinajstić information content (AvgIpc) is 2.17. The van der Waals surface area contributed by atoms with Gasteiger partial charge in [-0.25, -0.2) is 4.98 Å². The lowest BCUT2D eigenvalue weighted by Crippen LogP contribution is -1.97. The Morgan fingerprint density at radius 3 is 2.83 bits per heavy atom. The number of carbonyl (C=O) groups excluding carboxylic acids is 1. The van der Waals surface area contributed by atoms with Crippen LogP contribution in [0.25, 0.3) is 0 Å². The number of carbonyl (C=O) groups is 1. The average molecular weight is 163 g/mol. The van der Waals surface area contributed by atoms with E-state index in [1.807, 2.05) is 0 Å². The molecule has 0 aliphatic heterocycles. The first-order valence-corrected chi connectivity index (χ1v) is 3.44. The van der Waals surface area contributed by atoms with Gasteiger partial charge in [0.25, 0.3) is 0 Å². The van der Waals surface area contributed by atoms with Gasteiger partial charge in [0.05, 0.1) is 13.3 Å². The highest BCUT2D eigenvalue weighted by molar-refractivity contribution is 6.02. The molecular weight excluding hydrogens is 154 g/mol. The number of ketones is 1. The molecule has 0 aliphatic rings. The molecule has 3 nitrogen and oxygen atoms in total. The van der Waals surface area contributed by atoms with E-state index in [9.17, 15) is 4.79 Å². The Kier molecular flexibility index (Phi) is 2.58. The lowest BCUT2D eigenvalue weighted by molar-refractivity contribution is 0.104. The van der Waals surface area contributed by atoms with Crippen LogP contribution in [0.1, 0.15) is 10.5 Å². The van der Waals surface area contributed by atoms with Gasteiger partial charge >= 0.3 is 0 Å². The first-order chi connectivity index (χ1) is 5.77. The molecule has 1 aromatic heterocycles. The Bertz CT molecular complexity index is 290. The van der Waals surface area contributed by atoms with Crippen LogP contribution in [0.3, 0.4) is 0 Å². The van der Waals surface area contributed by atoms with Crippen LogP contribution < -0.4 is 4.74 Å². The van der Waals surface area contributed by atoms with Crippen LogP contribution in [-0.4, -0.2) is 17.9 Å². The Balaban J connectivity index is 2.91. The molecule has 62 valence electrons. The van der Waals surface area contributed by atoms with Crippen LogP contribution in [0.15, 0.2) is 31.0 Å². The molecule has 0 bridgehead atoms. The van der Waals surface area contributed by atoms with Crippen molar-refractivity contribution in [2.24, 2.45) is 0 Å². The maximum absolute atomic E-state index is 11.0. The normalized spacial score (nSPS) is 9.08. The summed E-state index contributed by atoms with van der Waals surface area (Å²) in [5, 5.41) is 0. The van der Waals surface area contributed by atoms with Crippen LogP contribution in [-0.2, 0) is 0 Å². The van der Waals surface area contributed by atoms with E-state index >= 15 is 0 Å². The first kappa shape index (κ1) is 8.46. The fraction of sp³-hybridized carbons (Fsp3) is 0.111. The quantitative estimate of drug-likeness (QED) is 0.500. The number of rotatable bonds is 3. The third kappa shape index (κ3) is 1.69. The Hall–Kier alpha value is -1.64. The topological polar surface area (TPSA) is 39.2 Å². The molecule has 0 saturated heterocycles. The minimum absolute atomic E-state index is 0.183. The number of ether oxygens (including phenoxy) is 1. The molecule has 0 spiro atoms. The minimum atomic E-state index is -0.183. The van der Waals surface area contributed by atoms with Crippen molar-refractivity contribution in [3.05, 3.63) is 36.7 Å². The number of pyridine rings is 1. The van der Waals surface area contributed by atoms with Crippen LogP contribution in [0, 0.1) is 0 Å². The molecule has 0 unspecified atom stereocenters. The van der Waals surface area contributed by atoms with Crippen LogP contribution in [0.5, 0.6) is 5.75 Å². The highest BCUT2D eigenvalue weighted by atomic mass is 16.5. The Morgan fingerprint density at radius 2 is 2.42 bits per heavy atom. The van der Waals surface area contributed by atoms with Gasteiger partial charge in [-0.15, -0.1) is 0 Å². The molecule has 1 heterocycles. The predicted molar refractivity (Wildman–Crippen MR) is 45.3 cm³/mol. The van der Waals surface area contributed by atoms with Gasteiger partial charge < -0.3 is 4.74 Å². The van der Waals surface area contributed by atoms with E-state index in [0.29, 0.717) is 11.4 Å². The standard InChI is InChI=1S/C9H9NO2/c1-3-9(11)8-5-4-7(12-2)6-10-8/h3-6H,1H2,2H3. The Labute approximate surface area is 70.7 Å². The monoisotopic (exact) mass is 163 g/mol. The van der Waals surface area contributed by atoms with Gasteiger partial charge in [0.1, 0.15) is 11.4 Å². The van der Waals surface area contributed by atoms with E-state index in [1.54, 1.807) is 19.2 Å². The zero-order chi connectivity index (χ0) is 8.97. The highest BCUT2D eigenvalue weighted by Gasteiger charge is 2.01. The third-order valence-corrected chi connectivity index (χ3v) is 1.41. The number of nitrogens with zero attached hydrogens (tertiary/aromatic N) is 1. The minimum Gasteiger partial charge on any atom is -0.495 e. The van der Waals surface area contributed by atoms with Gasteiger partial charge in [0, 0.05) is 0 Å². The first-order valence-electron chi connectivity index (χ1n) is 3.44. The molecule has 0 fully saturated rings. The summed E-state index contributed by atoms with van der Waals surface area (Å²) < 4.78 is 4.88. The molecule has 0 atom stereocenters. The SMILES string of the molecule is C=CC(=O)c1ccc(OC)cn1. The number of allylic oxidation sites excluding steroid dienone is 1. The van der Waals surface area contributed by atoms with Gasteiger partial charge in [-0.1, -0.05) is 6.58 Å². The van der Waals surface area contributed by atoms with Crippen molar-refractivity contribution >= 4 is 5.78 Å². The summed E-state index contributed by atoms with van der Waals surface area (Å²) in [7, 11) is 1.55. The van der Waals surface area contributed by atoms with Gasteiger partial charge in [-0.2, -0.15) is 0 Å². The predicted octanol–water partition coefficient (Wildman–Crippen LogP) is 1.46. The molecule has 0 aliphatic carbocycles. The second-order valence-corrected chi connectivity index (χ2v) is 2.15. The lowest BCUT2D eigenvalue weighted by Gasteiger charge is -1.98. The second-order valence-electron chi connectivity index (χ2n) is 2.15. The number of hydrogen-bond acceptors (Lipinski definition) is 3. The van der Waals surface area contributed by atoms with Crippen LogP contribution in [0.2, 0.25) is 0 Å². The maximum Gasteiger partial charge on any atom is 0.203 e. The third-order valence-electron chi connectivity index (χ3n) is 1.41. The van der Waals surface area contributed by atoms with Gasteiger partial charge in [0.15, 0.2) is 0 Å². The lowest BCUT2D eigenvalue weighted by atomic mass is 10.2. The van der Waals surface area contributed by atoms with Crippen molar-refractivity contribution in [3.8, 4) is 5.75 Å². The van der Waals surface area contributed by atoms with E-state index in [2.05, 4.69) is 11.6 Å². The zero-order valence-electron chi connectivity index (χ0n) is 6.78. The van der Waals surface area contributed by atoms with E-state index in [-0.39, 0.29) is 5.78 Å². The number of hydrogen-bond donors (Lipinski definition) is 0. The summed E-state index contributed by atoms with van der Waals surface area (Å²) in [5.41, 5.74) is 0.380. The molecule has 0 radical (unpaired) electrons. The van der Waals surface area contributed by atoms with Crippen LogP contribution >= 0.6 is 0 Å². The molecule has 1 rings (SSSR count). The molecule has 0 saturated carbocycles. The summed E-state index contributed by atoms with van der Waals surface area (Å²) in [4.78, 5) is 14.9. The highest BCUT2D eigenvalue weighted by Crippen LogP contribution is 2.08. The van der Waals surface area contributed by atoms with Crippen molar-refractivity contribution < 1.29 is 9.53 Å². The number of aromatic nitrogens is 1. The summed E-state index contributed by atoms with van der Waals surface area (Å²) in [5.74, 6) is 0.452. The number of methoxy groups -OCH3 is 1. The molecular formula is C9H9NO2. The van der Waals surface area contributed by atoms with E-state index in [1.165, 1.54) is 12.3 Å². The van der Waals surface area contributed by atoms with Crippen molar-refractivity contribution in [2.75, 3.05) is 7.11 Å². The van der Waals surface area contributed by atoms with Gasteiger partial charge in [-0.3, -0.25) is 4.79 Å². The molecule has 0 N–H and O–H groups in total. The van der Waals surface area contributed by atoms with Gasteiger partial charge in [-0.05, 0) is 18.2 Å². The van der Waals surface area contributed by atoms with Crippen LogP contribution in [0.4, 0.5) is 0 Å². The summed E-state index contributed by atoms with van der Waals surface area (Å²) in [6.07, 6.45) is 2.73. The van der Waals surface area contributed by atoms with E-state index in [4.69, 9.17) is 4.74 Å². The summed E-state index contributed by atoms with van der Waals surface area (Å²) >= 11 is 0. The van der Waals surface area contributed by atoms with Crippen molar-refractivity contribution in [1.29, 1.82) is 0 Å². The summed E-state index contributed by atoms with van der Waals surface area (Å²) in [6, 6.07) is 3.28. The summed E-state index contributed by atoms with van der Waals surface area (Å²) in [6.45, 7) is 3.36. The smallest absolute Gasteiger partial charge is 0.203 e. The van der Waals surface area contributed by atoms with Crippen molar-refractivity contribution in [2.45, 2.75) is 0 Å². The molecule has 3 heteroatoms. The maximum atomic E-state index is 11.0. The van der Waals surface area contributed by atoms with Crippen molar-refractivity contribution in [1.82, 2.24) is 4.98 Å². The molecule has 12 heavy (non-hydrogen) atoms. The van der Waals surface area contributed by atoms with E-state index < -0.39 is 0 Å². The Morgan fingerprint density at radius 1 is 1.67 bits per heavy atom. The molecule has 0 amide bonds. The largest absolute Gasteiger partial charge is 0.495 e.